The monoisotopic (exact) mass is 317 g/mol. The van der Waals surface area contributed by atoms with Crippen molar-refractivity contribution in [3.05, 3.63) is 41.7 Å². The Morgan fingerprint density at radius 2 is 1.78 bits per heavy atom. The minimum atomic E-state index is -0.161. The van der Waals surface area contributed by atoms with Crippen LogP contribution in [0, 0.1) is 0 Å². The van der Waals surface area contributed by atoms with E-state index in [1.165, 1.54) is 6.26 Å². The molecule has 2 aromatic heterocycles. The van der Waals surface area contributed by atoms with E-state index < -0.39 is 0 Å². The SMILES string of the molecule is CC(C)c1cc(C(=O)N2CCN(C(=O)c3ccco3)CC2)no1. The van der Waals surface area contributed by atoms with Gasteiger partial charge in [0.25, 0.3) is 11.8 Å². The number of rotatable bonds is 3. The van der Waals surface area contributed by atoms with Gasteiger partial charge in [-0.15, -0.1) is 0 Å². The van der Waals surface area contributed by atoms with Gasteiger partial charge in [-0.1, -0.05) is 19.0 Å². The van der Waals surface area contributed by atoms with Crippen LogP contribution in [0.25, 0.3) is 0 Å². The van der Waals surface area contributed by atoms with E-state index in [9.17, 15) is 9.59 Å². The minimum absolute atomic E-state index is 0.148. The highest BCUT2D eigenvalue weighted by Crippen LogP contribution is 2.17. The van der Waals surface area contributed by atoms with Crippen LogP contribution in [0.5, 0.6) is 0 Å². The quantitative estimate of drug-likeness (QED) is 0.865. The predicted octanol–water partition coefficient (Wildman–Crippen LogP) is 1.99. The van der Waals surface area contributed by atoms with E-state index in [1.807, 2.05) is 13.8 Å². The van der Waals surface area contributed by atoms with Crippen LogP contribution >= 0.6 is 0 Å². The number of piperazine rings is 1. The molecule has 0 unspecified atom stereocenters. The van der Waals surface area contributed by atoms with Crippen molar-refractivity contribution in [2.75, 3.05) is 26.2 Å². The molecule has 1 saturated heterocycles. The number of nitrogens with zero attached hydrogens (tertiary/aromatic N) is 3. The number of hydrogen-bond acceptors (Lipinski definition) is 5. The molecule has 0 atom stereocenters. The van der Waals surface area contributed by atoms with E-state index in [2.05, 4.69) is 5.16 Å². The number of carbonyl (C=O) groups excluding carboxylic acids is 2. The van der Waals surface area contributed by atoms with Crippen molar-refractivity contribution in [2.45, 2.75) is 19.8 Å². The highest BCUT2D eigenvalue weighted by atomic mass is 16.5. The van der Waals surface area contributed by atoms with Gasteiger partial charge in [0.05, 0.1) is 6.26 Å². The molecule has 0 aliphatic carbocycles. The van der Waals surface area contributed by atoms with Crippen molar-refractivity contribution in [1.82, 2.24) is 15.0 Å². The van der Waals surface area contributed by atoms with E-state index in [0.29, 0.717) is 43.4 Å². The van der Waals surface area contributed by atoms with Gasteiger partial charge in [0, 0.05) is 38.2 Å². The Bertz CT molecular complexity index is 682. The van der Waals surface area contributed by atoms with Crippen LogP contribution in [-0.4, -0.2) is 52.9 Å². The zero-order valence-electron chi connectivity index (χ0n) is 13.2. The summed E-state index contributed by atoms with van der Waals surface area (Å²) in [5, 5.41) is 3.85. The number of hydrogen-bond donors (Lipinski definition) is 0. The van der Waals surface area contributed by atoms with Gasteiger partial charge < -0.3 is 18.7 Å². The molecule has 0 bridgehead atoms. The van der Waals surface area contributed by atoms with E-state index in [1.54, 1.807) is 28.0 Å². The van der Waals surface area contributed by atoms with Crippen molar-refractivity contribution >= 4 is 11.8 Å². The maximum Gasteiger partial charge on any atom is 0.289 e. The van der Waals surface area contributed by atoms with Crippen molar-refractivity contribution in [1.29, 1.82) is 0 Å². The Labute approximate surface area is 133 Å². The minimum Gasteiger partial charge on any atom is -0.459 e. The summed E-state index contributed by atoms with van der Waals surface area (Å²) in [5.41, 5.74) is 0.319. The maximum atomic E-state index is 12.4. The second-order valence-corrected chi connectivity index (χ2v) is 5.83. The van der Waals surface area contributed by atoms with E-state index in [4.69, 9.17) is 8.94 Å². The topological polar surface area (TPSA) is 79.8 Å². The Hall–Kier alpha value is -2.57. The normalized spacial score (nSPS) is 15.3. The van der Waals surface area contributed by atoms with Crippen molar-refractivity contribution in [2.24, 2.45) is 0 Å². The number of amides is 2. The Balaban J connectivity index is 1.60. The van der Waals surface area contributed by atoms with Crippen LogP contribution in [0.3, 0.4) is 0 Å². The lowest BCUT2D eigenvalue weighted by Crippen LogP contribution is -2.50. The van der Waals surface area contributed by atoms with Gasteiger partial charge in [-0.2, -0.15) is 0 Å². The lowest BCUT2D eigenvalue weighted by molar-refractivity contribution is 0.0513. The molecule has 1 aliphatic rings. The van der Waals surface area contributed by atoms with Gasteiger partial charge in [-0.25, -0.2) is 0 Å². The Morgan fingerprint density at radius 3 is 2.30 bits per heavy atom. The molecule has 7 nitrogen and oxygen atoms in total. The smallest absolute Gasteiger partial charge is 0.289 e. The molecule has 7 heteroatoms. The number of aromatic nitrogens is 1. The average molecular weight is 317 g/mol. The lowest BCUT2D eigenvalue weighted by atomic mass is 10.1. The summed E-state index contributed by atoms with van der Waals surface area (Å²) >= 11 is 0. The molecule has 1 aliphatic heterocycles. The van der Waals surface area contributed by atoms with Gasteiger partial charge in [0.15, 0.2) is 11.5 Å². The molecule has 0 radical (unpaired) electrons. The maximum absolute atomic E-state index is 12.4. The zero-order chi connectivity index (χ0) is 16.4. The highest BCUT2D eigenvalue weighted by molar-refractivity contribution is 5.93. The van der Waals surface area contributed by atoms with Crippen LogP contribution in [0.1, 0.15) is 46.6 Å². The van der Waals surface area contributed by atoms with Crippen LogP contribution in [-0.2, 0) is 0 Å². The molecule has 2 aromatic rings. The molecule has 0 aromatic carbocycles. The Kier molecular flexibility index (Phi) is 4.18. The van der Waals surface area contributed by atoms with Crippen LogP contribution in [0.4, 0.5) is 0 Å². The summed E-state index contributed by atoms with van der Waals surface area (Å²) in [6, 6.07) is 5.01. The first-order chi connectivity index (χ1) is 11.1. The summed E-state index contributed by atoms with van der Waals surface area (Å²) in [6.45, 7) is 5.84. The standard InChI is InChI=1S/C16H19N3O4/c1-11(2)14-10-12(17-23-14)15(20)18-5-7-19(8-6-18)16(21)13-4-3-9-22-13/h3-4,9-11H,5-8H2,1-2H3. The van der Waals surface area contributed by atoms with Gasteiger partial charge in [-0.05, 0) is 12.1 Å². The van der Waals surface area contributed by atoms with Crippen LogP contribution in [0.2, 0.25) is 0 Å². The van der Waals surface area contributed by atoms with E-state index >= 15 is 0 Å². The number of carbonyl (C=O) groups is 2. The second-order valence-electron chi connectivity index (χ2n) is 5.83. The predicted molar refractivity (Wildman–Crippen MR) is 81.1 cm³/mol. The molecule has 3 rings (SSSR count). The zero-order valence-corrected chi connectivity index (χ0v) is 13.2. The molecule has 2 amide bonds. The van der Waals surface area contributed by atoms with Gasteiger partial charge in [-0.3, -0.25) is 9.59 Å². The molecule has 23 heavy (non-hydrogen) atoms. The fraction of sp³-hybridized carbons (Fsp3) is 0.438. The van der Waals surface area contributed by atoms with Gasteiger partial charge in [0.2, 0.25) is 0 Å². The summed E-state index contributed by atoms with van der Waals surface area (Å²) in [5.74, 6) is 0.894. The summed E-state index contributed by atoms with van der Waals surface area (Å²) < 4.78 is 10.3. The van der Waals surface area contributed by atoms with Gasteiger partial charge in [0.1, 0.15) is 5.76 Å². The molecule has 3 heterocycles. The van der Waals surface area contributed by atoms with Crippen molar-refractivity contribution in [3.8, 4) is 0 Å². The molecule has 0 spiro atoms. The van der Waals surface area contributed by atoms with Crippen molar-refractivity contribution < 1.29 is 18.5 Å². The summed E-state index contributed by atoms with van der Waals surface area (Å²) in [7, 11) is 0. The highest BCUT2D eigenvalue weighted by Gasteiger charge is 2.28. The summed E-state index contributed by atoms with van der Waals surface area (Å²) in [6.07, 6.45) is 1.48. The third-order valence-electron chi connectivity index (χ3n) is 3.90. The molecular weight excluding hydrogens is 298 g/mol. The van der Waals surface area contributed by atoms with Crippen LogP contribution < -0.4 is 0 Å². The van der Waals surface area contributed by atoms with Gasteiger partial charge >= 0.3 is 0 Å². The first-order valence-corrected chi connectivity index (χ1v) is 7.65. The largest absolute Gasteiger partial charge is 0.459 e. The Morgan fingerprint density at radius 1 is 1.13 bits per heavy atom. The molecule has 1 fully saturated rings. The van der Waals surface area contributed by atoms with E-state index in [-0.39, 0.29) is 17.7 Å². The van der Waals surface area contributed by atoms with Crippen molar-refractivity contribution in [3.63, 3.8) is 0 Å². The lowest BCUT2D eigenvalue weighted by Gasteiger charge is -2.33. The third-order valence-corrected chi connectivity index (χ3v) is 3.90. The summed E-state index contributed by atoms with van der Waals surface area (Å²) in [4.78, 5) is 28.0. The van der Waals surface area contributed by atoms with Crippen LogP contribution in [0.15, 0.2) is 33.4 Å². The average Bonchev–Trinajstić information content (AvgIpc) is 3.25. The molecule has 0 N–H and O–H groups in total. The fourth-order valence-electron chi connectivity index (χ4n) is 2.49. The second kappa shape index (κ2) is 6.28. The molecule has 0 saturated carbocycles. The molecular formula is C16H19N3O4. The number of furan rings is 1. The first kappa shape index (κ1) is 15.3. The fourth-order valence-corrected chi connectivity index (χ4v) is 2.49. The third kappa shape index (κ3) is 3.13. The first-order valence-electron chi connectivity index (χ1n) is 7.65. The van der Waals surface area contributed by atoms with E-state index in [0.717, 1.165) is 0 Å². The molecule has 122 valence electrons.